The summed E-state index contributed by atoms with van der Waals surface area (Å²) in [6, 6.07) is 7.29. The van der Waals surface area contributed by atoms with E-state index < -0.39 is 0 Å². The summed E-state index contributed by atoms with van der Waals surface area (Å²) in [7, 11) is 1.79. The molecule has 0 aromatic heterocycles. The maximum absolute atomic E-state index is 12.6. The first-order valence-electron chi connectivity index (χ1n) is 9.38. The molecule has 0 radical (unpaired) electrons. The Morgan fingerprint density at radius 2 is 2.19 bits per heavy atom. The maximum atomic E-state index is 12.6. The van der Waals surface area contributed by atoms with Gasteiger partial charge in [0.2, 0.25) is 0 Å². The Morgan fingerprint density at radius 3 is 2.85 bits per heavy atom. The SMILES string of the molecule is CCN(CC1CCCCO1)C(=O)Nc1cccc(N2CCN(C)C2=O)c1. The second kappa shape index (κ2) is 8.40. The van der Waals surface area contributed by atoms with Crippen molar-refractivity contribution in [2.24, 2.45) is 0 Å². The van der Waals surface area contributed by atoms with E-state index >= 15 is 0 Å². The highest BCUT2D eigenvalue weighted by Crippen LogP contribution is 2.23. The number of benzene rings is 1. The molecule has 2 aliphatic heterocycles. The molecule has 2 heterocycles. The van der Waals surface area contributed by atoms with Gasteiger partial charge in [-0.05, 0) is 44.4 Å². The van der Waals surface area contributed by atoms with Crippen molar-refractivity contribution in [3.63, 3.8) is 0 Å². The van der Waals surface area contributed by atoms with Crippen LogP contribution in [0.3, 0.4) is 0 Å². The molecule has 1 N–H and O–H groups in total. The van der Waals surface area contributed by atoms with Gasteiger partial charge in [-0.2, -0.15) is 0 Å². The van der Waals surface area contributed by atoms with Gasteiger partial charge in [-0.15, -0.1) is 0 Å². The minimum atomic E-state index is -0.135. The average molecular weight is 360 g/mol. The fourth-order valence-corrected chi connectivity index (χ4v) is 3.39. The normalized spacial score (nSPS) is 20.4. The van der Waals surface area contributed by atoms with Crippen LogP contribution in [0.2, 0.25) is 0 Å². The van der Waals surface area contributed by atoms with E-state index in [0.717, 1.165) is 31.6 Å². The van der Waals surface area contributed by atoms with Crippen molar-refractivity contribution in [2.75, 3.05) is 50.1 Å². The maximum Gasteiger partial charge on any atom is 0.324 e. The molecule has 2 saturated heterocycles. The fraction of sp³-hybridized carbons (Fsp3) is 0.579. The molecule has 0 spiro atoms. The molecule has 1 atom stereocenters. The first-order chi connectivity index (χ1) is 12.6. The molecular formula is C19H28N4O3. The number of carbonyl (C=O) groups is 2. The van der Waals surface area contributed by atoms with E-state index in [2.05, 4.69) is 5.32 Å². The number of hydrogen-bond acceptors (Lipinski definition) is 3. The van der Waals surface area contributed by atoms with Gasteiger partial charge < -0.3 is 19.9 Å². The van der Waals surface area contributed by atoms with E-state index in [1.54, 1.807) is 21.7 Å². The van der Waals surface area contributed by atoms with Gasteiger partial charge in [-0.1, -0.05) is 6.07 Å². The second-order valence-electron chi connectivity index (χ2n) is 6.86. The van der Waals surface area contributed by atoms with E-state index in [0.29, 0.717) is 31.9 Å². The van der Waals surface area contributed by atoms with Crippen LogP contribution in [0, 0.1) is 0 Å². The number of anilines is 2. The first-order valence-corrected chi connectivity index (χ1v) is 9.38. The predicted octanol–water partition coefficient (Wildman–Crippen LogP) is 2.98. The molecule has 26 heavy (non-hydrogen) atoms. The topological polar surface area (TPSA) is 65.1 Å². The van der Waals surface area contributed by atoms with E-state index in [4.69, 9.17) is 4.74 Å². The summed E-state index contributed by atoms with van der Waals surface area (Å²) < 4.78 is 5.75. The van der Waals surface area contributed by atoms with Crippen molar-refractivity contribution in [1.29, 1.82) is 0 Å². The lowest BCUT2D eigenvalue weighted by atomic mass is 10.1. The van der Waals surface area contributed by atoms with Crippen LogP contribution in [0.5, 0.6) is 0 Å². The Kier molecular flexibility index (Phi) is 5.98. The summed E-state index contributed by atoms with van der Waals surface area (Å²) in [6.07, 6.45) is 3.39. The molecule has 7 heteroatoms. The van der Waals surface area contributed by atoms with E-state index in [1.807, 2.05) is 31.2 Å². The molecule has 7 nitrogen and oxygen atoms in total. The van der Waals surface area contributed by atoms with Crippen LogP contribution in [0.4, 0.5) is 21.0 Å². The molecule has 4 amide bonds. The van der Waals surface area contributed by atoms with Crippen LogP contribution in [0.25, 0.3) is 0 Å². The van der Waals surface area contributed by atoms with Gasteiger partial charge >= 0.3 is 12.1 Å². The van der Waals surface area contributed by atoms with Gasteiger partial charge in [0.1, 0.15) is 0 Å². The standard InChI is InChI=1S/C19H28N4O3/c1-3-22(14-17-9-4-5-12-26-17)18(24)20-15-7-6-8-16(13-15)23-11-10-21(2)19(23)25/h6-8,13,17H,3-5,9-12,14H2,1-2H3,(H,20,24). The number of rotatable bonds is 5. The molecule has 0 saturated carbocycles. The zero-order valence-corrected chi connectivity index (χ0v) is 15.6. The summed E-state index contributed by atoms with van der Waals surface area (Å²) in [5, 5.41) is 2.95. The van der Waals surface area contributed by atoms with Crippen LogP contribution in [-0.4, -0.2) is 67.8 Å². The van der Waals surface area contributed by atoms with Gasteiger partial charge in [0, 0.05) is 51.2 Å². The summed E-state index contributed by atoms with van der Waals surface area (Å²) in [4.78, 5) is 30.0. The Labute approximate surface area is 154 Å². The van der Waals surface area contributed by atoms with Gasteiger partial charge in [0.15, 0.2) is 0 Å². The van der Waals surface area contributed by atoms with Crippen LogP contribution in [0.15, 0.2) is 24.3 Å². The number of nitrogens with zero attached hydrogens (tertiary/aromatic N) is 3. The Bertz CT molecular complexity index is 645. The average Bonchev–Trinajstić information content (AvgIpc) is 2.99. The Morgan fingerprint density at radius 1 is 1.35 bits per heavy atom. The predicted molar refractivity (Wildman–Crippen MR) is 102 cm³/mol. The number of carbonyl (C=O) groups excluding carboxylic acids is 2. The molecule has 1 unspecified atom stereocenters. The number of nitrogens with one attached hydrogen (secondary N) is 1. The molecule has 2 fully saturated rings. The highest BCUT2D eigenvalue weighted by Gasteiger charge is 2.27. The lowest BCUT2D eigenvalue weighted by molar-refractivity contribution is 0.00221. The summed E-state index contributed by atoms with van der Waals surface area (Å²) in [6.45, 7) is 5.35. The van der Waals surface area contributed by atoms with Crippen molar-refractivity contribution in [2.45, 2.75) is 32.3 Å². The van der Waals surface area contributed by atoms with E-state index in [-0.39, 0.29) is 18.2 Å². The molecule has 142 valence electrons. The van der Waals surface area contributed by atoms with Gasteiger partial charge in [-0.25, -0.2) is 9.59 Å². The molecule has 2 aliphatic rings. The van der Waals surface area contributed by atoms with Crippen molar-refractivity contribution in [3.05, 3.63) is 24.3 Å². The summed E-state index contributed by atoms with van der Waals surface area (Å²) >= 11 is 0. The molecule has 0 aliphatic carbocycles. The van der Waals surface area contributed by atoms with Crippen molar-refractivity contribution >= 4 is 23.4 Å². The summed E-state index contributed by atoms with van der Waals surface area (Å²) in [5.74, 6) is 0. The van der Waals surface area contributed by atoms with Crippen molar-refractivity contribution in [1.82, 2.24) is 9.80 Å². The Balaban J connectivity index is 1.62. The van der Waals surface area contributed by atoms with Crippen LogP contribution in [-0.2, 0) is 4.74 Å². The number of urea groups is 2. The minimum Gasteiger partial charge on any atom is -0.376 e. The molecule has 0 bridgehead atoms. The third-order valence-corrected chi connectivity index (χ3v) is 4.99. The fourth-order valence-electron chi connectivity index (χ4n) is 3.39. The third kappa shape index (κ3) is 4.27. The number of amides is 4. The monoisotopic (exact) mass is 360 g/mol. The molecular weight excluding hydrogens is 332 g/mol. The second-order valence-corrected chi connectivity index (χ2v) is 6.86. The van der Waals surface area contributed by atoms with Gasteiger partial charge in [0.25, 0.3) is 0 Å². The van der Waals surface area contributed by atoms with E-state index in [1.165, 1.54) is 0 Å². The molecule has 3 rings (SSSR count). The van der Waals surface area contributed by atoms with Crippen LogP contribution < -0.4 is 10.2 Å². The first kappa shape index (κ1) is 18.5. The number of hydrogen-bond donors (Lipinski definition) is 1. The molecule has 1 aromatic carbocycles. The lowest BCUT2D eigenvalue weighted by Gasteiger charge is -2.29. The van der Waals surface area contributed by atoms with Crippen molar-refractivity contribution in [3.8, 4) is 0 Å². The highest BCUT2D eigenvalue weighted by atomic mass is 16.5. The van der Waals surface area contributed by atoms with Crippen LogP contribution >= 0.6 is 0 Å². The third-order valence-electron chi connectivity index (χ3n) is 4.99. The minimum absolute atomic E-state index is 0.0156. The largest absolute Gasteiger partial charge is 0.376 e. The molecule has 1 aromatic rings. The van der Waals surface area contributed by atoms with Crippen molar-refractivity contribution < 1.29 is 14.3 Å². The summed E-state index contributed by atoms with van der Waals surface area (Å²) in [5.41, 5.74) is 1.49. The van der Waals surface area contributed by atoms with Gasteiger partial charge in [0.05, 0.1) is 6.10 Å². The van der Waals surface area contributed by atoms with Crippen LogP contribution in [0.1, 0.15) is 26.2 Å². The zero-order valence-electron chi connectivity index (χ0n) is 15.6. The lowest BCUT2D eigenvalue weighted by Crippen LogP contribution is -2.41. The number of likely N-dealkylation sites (N-methyl/N-ethyl adjacent to an activating group) is 2. The van der Waals surface area contributed by atoms with E-state index in [9.17, 15) is 9.59 Å². The number of ether oxygens (including phenoxy) is 1. The Hall–Kier alpha value is -2.28. The smallest absolute Gasteiger partial charge is 0.324 e. The quantitative estimate of drug-likeness (QED) is 0.878. The zero-order chi connectivity index (χ0) is 18.5. The van der Waals surface area contributed by atoms with Gasteiger partial charge in [-0.3, -0.25) is 4.90 Å². The highest BCUT2D eigenvalue weighted by molar-refractivity contribution is 5.95.